The van der Waals surface area contributed by atoms with Gasteiger partial charge in [-0.2, -0.15) is 0 Å². The van der Waals surface area contributed by atoms with Crippen LogP contribution in [0.2, 0.25) is 0 Å². The number of nitrogens with one attached hydrogen (secondary N) is 1. The second kappa shape index (κ2) is 10.7. The Labute approximate surface area is 192 Å². The number of aromatic nitrogens is 2. The number of carbonyl (C=O) groups is 1. The van der Waals surface area contributed by atoms with E-state index in [-0.39, 0.29) is 23.8 Å². The number of halogens is 2. The van der Waals surface area contributed by atoms with E-state index in [2.05, 4.69) is 10.3 Å². The van der Waals surface area contributed by atoms with E-state index >= 15 is 0 Å². The van der Waals surface area contributed by atoms with Crippen molar-refractivity contribution < 1.29 is 18.3 Å². The van der Waals surface area contributed by atoms with Crippen molar-refractivity contribution in [2.45, 2.75) is 34.2 Å². The average Bonchev–Trinajstić information content (AvgIpc) is 3.12. The number of pyridine rings is 1. The van der Waals surface area contributed by atoms with Crippen LogP contribution in [0.5, 0.6) is 0 Å². The first kappa shape index (κ1) is 23.9. The van der Waals surface area contributed by atoms with Crippen molar-refractivity contribution in [3.63, 3.8) is 0 Å². The van der Waals surface area contributed by atoms with Gasteiger partial charge in [0.15, 0.2) is 5.69 Å². The Kier molecular flexibility index (Phi) is 7.77. The fraction of sp³-hybridized carbons (Fsp3) is 0.231. The van der Waals surface area contributed by atoms with Crippen molar-refractivity contribution in [1.82, 2.24) is 9.55 Å². The number of rotatable bonds is 6. The van der Waals surface area contributed by atoms with E-state index in [1.54, 1.807) is 61.1 Å². The molecule has 0 saturated heterocycles. The van der Waals surface area contributed by atoms with E-state index in [1.165, 1.54) is 18.2 Å². The Hall–Kier alpha value is -3.74. The predicted molar refractivity (Wildman–Crippen MR) is 127 cm³/mol. The molecular formula is C26H27F2N3O2. The summed E-state index contributed by atoms with van der Waals surface area (Å²) < 4.78 is 35.0. The zero-order valence-corrected chi connectivity index (χ0v) is 19.2. The van der Waals surface area contributed by atoms with Crippen LogP contribution in [0.15, 0.2) is 60.9 Å². The first-order valence-corrected chi connectivity index (χ1v) is 10.9. The van der Waals surface area contributed by atoms with E-state index in [0.29, 0.717) is 17.6 Å². The van der Waals surface area contributed by atoms with Gasteiger partial charge in [0.2, 0.25) is 0 Å². The van der Waals surface area contributed by atoms with Gasteiger partial charge in [-0.1, -0.05) is 32.0 Å². The number of anilines is 2. The number of ether oxygens (including phenoxy) is 1. The number of hydrogen-bond donors (Lipinski definition) is 1. The Bertz CT molecular complexity index is 1250. The molecule has 1 N–H and O–H groups in total. The van der Waals surface area contributed by atoms with E-state index in [1.807, 2.05) is 13.8 Å². The van der Waals surface area contributed by atoms with Gasteiger partial charge in [0.1, 0.15) is 11.6 Å². The van der Waals surface area contributed by atoms with E-state index in [9.17, 15) is 13.6 Å². The zero-order chi connectivity index (χ0) is 24.0. The maximum Gasteiger partial charge on any atom is 0.357 e. The highest BCUT2D eigenvalue weighted by Crippen LogP contribution is 2.35. The number of aryl methyl sites for hydroxylation is 1. The van der Waals surface area contributed by atoms with Crippen molar-refractivity contribution >= 4 is 28.2 Å². The van der Waals surface area contributed by atoms with Gasteiger partial charge in [0, 0.05) is 24.3 Å². The summed E-state index contributed by atoms with van der Waals surface area (Å²) in [7, 11) is 0. The molecule has 0 aliphatic rings. The van der Waals surface area contributed by atoms with E-state index in [0.717, 1.165) is 16.6 Å². The molecule has 33 heavy (non-hydrogen) atoms. The molecule has 2 heterocycles. The summed E-state index contributed by atoms with van der Waals surface area (Å²) in [6, 6.07) is 12.7. The molecule has 0 aliphatic carbocycles. The lowest BCUT2D eigenvalue weighted by molar-refractivity contribution is 0.0516. The number of benzene rings is 2. The number of nitrogens with zero attached hydrogens (tertiary/aromatic N) is 2. The fourth-order valence-electron chi connectivity index (χ4n) is 3.53. The van der Waals surface area contributed by atoms with Gasteiger partial charge in [0.05, 0.1) is 23.5 Å². The van der Waals surface area contributed by atoms with Gasteiger partial charge in [-0.05, 0) is 55.3 Å². The molecule has 0 radical (unpaired) electrons. The maximum absolute atomic E-state index is 14.6. The van der Waals surface area contributed by atoms with E-state index < -0.39 is 11.8 Å². The molecule has 0 fully saturated rings. The summed E-state index contributed by atoms with van der Waals surface area (Å²) in [6.45, 7) is 8.01. The molecule has 0 bridgehead atoms. The first-order valence-electron chi connectivity index (χ1n) is 10.9. The summed E-state index contributed by atoms with van der Waals surface area (Å²) in [5.74, 6) is -1.32. The number of esters is 1. The summed E-state index contributed by atoms with van der Waals surface area (Å²) in [5, 5.41) is 3.71. The number of fused-ring (bicyclic) bond motifs is 1. The second-order valence-electron chi connectivity index (χ2n) is 7.16. The first-order chi connectivity index (χ1) is 16.0. The maximum atomic E-state index is 14.6. The van der Waals surface area contributed by atoms with Gasteiger partial charge in [0.25, 0.3) is 0 Å². The molecule has 2 aromatic carbocycles. The molecule has 0 saturated carbocycles. The summed E-state index contributed by atoms with van der Waals surface area (Å²) in [6.07, 6.45) is 3.24. The van der Waals surface area contributed by atoms with Crippen molar-refractivity contribution in [3.05, 3.63) is 89.4 Å². The Morgan fingerprint density at radius 3 is 2.48 bits per heavy atom. The van der Waals surface area contributed by atoms with Crippen LogP contribution in [0.1, 0.15) is 42.4 Å². The van der Waals surface area contributed by atoms with Gasteiger partial charge in [-0.3, -0.25) is 4.98 Å². The van der Waals surface area contributed by atoms with Gasteiger partial charge < -0.3 is 14.6 Å². The monoisotopic (exact) mass is 451 g/mol. The van der Waals surface area contributed by atoms with Crippen LogP contribution in [-0.2, 0) is 11.3 Å². The molecule has 4 rings (SSSR count). The predicted octanol–water partition coefficient (Wildman–Crippen LogP) is 6.62. The Balaban J connectivity index is 0.00000149. The standard InChI is InChI=1S/C24H21F2N3O2.C2H6/c1-3-31-24(30)23-22(28-20-9-4-15(2)12-19(20)26)18-13-27-11-10-21(18)29(23)14-16-5-7-17(25)8-6-16;1-2/h4-13,28H,3,14H2,1-2H3;1-2H3. The minimum atomic E-state index is -0.546. The van der Waals surface area contributed by atoms with Crippen LogP contribution in [0.25, 0.3) is 10.9 Å². The normalized spacial score (nSPS) is 10.5. The molecule has 2 aromatic heterocycles. The largest absolute Gasteiger partial charge is 0.461 e. The minimum Gasteiger partial charge on any atom is -0.461 e. The lowest BCUT2D eigenvalue weighted by Crippen LogP contribution is -2.15. The molecule has 4 aromatic rings. The molecule has 5 nitrogen and oxygen atoms in total. The third kappa shape index (κ3) is 5.19. The topological polar surface area (TPSA) is 56.1 Å². The van der Waals surface area contributed by atoms with Crippen molar-refractivity contribution in [2.75, 3.05) is 11.9 Å². The SMILES string of the molecule is CC.CCOC(=O)c1c(Nc2ccc(C)cc2F)c2cnccc2n1Cc1ccc(F)cc1. The summed E-state index contributed by atoms with van der Waals surface area (Å²) in [4.78, 5) is 17.2. The highest BCUT2D eigenvalue weighted by Gasteiger charge is 2.25. The lowest BCUT2D eigenvalue weighted by Gasteiger charge is -2.13. The van der Waals surface area contributed by atoms with Crippen LogP contribution < -0.4 is 5.32 Å². The third-order valence-electron chi connectivity index (χ3n) is 4.97. The van der Waals surface area contributed by atoms with Gasteiger partial charge in [-0.15, -0.1) is 0 Å². The van der Waals surface area contributed by atoms with Gasteiger partial charge >= 0.3 is 5.97 Å². The molecule has 0 aliphatic heterocycles. The number of carbonyl (C=O) groups excluding carboxylic acids is 1. The molecule has 172 valence electrons. The van der Waals surface area contributed by atoms with Crippen LogP contribution in [-0.4, -0.2) is 22.1 Å². The van der Waals surface area contributed by atoms with Crippen LogP contribution in [0, 0.1) is 18.6 Å². The average molecular weight is 452 g/mol. The second-order valence-corrected chi connectivity index (χ2v) is 7.16. The van der Waals surface area contributed by atoms with Crippen LogP contribution >= 0.6 is 0 Å². The van der Waals surface area contributed by atoms with Crippen molar-refractivity contribution in [3.8, 4) is 0 Å². The summed E-state index contributed by atoms with van der Waals surface area (Å²) >= 11 is 0. The molecule has 7 heteroatoms. The fourth-order valence-corrected chi connectivity index (χ4v) is 3.53. The van der Waals surface area contributed by atoms with Gasteiger partial charge in [-0.25, -0.2) is 13.6 Å². The van der Waals surface area contributed by atoms with Crippen LogP contribution in [0.4, 0.5) is 20.2 Å². The molecular weight excluding hydrogens is 424 g/mol. The Morgan fingerprint density at radius 1 is 1.09 bits per heavy atom. The molecule has 0 atom stereocenters. The minimum absolute atomic E-state index is 0.188. The third-order valence-corrected chi connectivity index (χ3v) is 4.97. The van der Waals surface area contributed by atoms with Crippen LogP contribution in [0.3, 0.4) is 0 Å². The molecule has 0 spiro atoms. The molecule has 0 amide bonds. The van der Waals surface area contributed by atoms with Crippen molar-refractivity contribution in [2.24, 2.45) is 0 Å². The van der Waals surface area contributed by atoms with E-state index in [4.69, 9.17) is 4.74 Å². The lowest BCUT2D eigenvalue weighted by atomic mass is 10.2. The quantitative estimate of drug-likeness (QED) is 0.335. The highest BCUT2D eigenvalue weighted by atomic mass is 19.1. The highest BCUT2D eigenvalue weighted by molar-refractivity contribution is 6.07. The smallest absolute Gasteiger partial charge is 0.357 e. The van der Waals surface area contributed by atoms with Crippen molar-refractivity contribution in [1.29, 1.82) is 0 Å². The zero-order valence-electron chi connectivity index (χ0n) is 19.2. The molecule has 0 unspecified atom stereocenters. The Morgan fingerprint density at radius 2 is 1.82 bits per heavy atom. The summed E-state index contributed by atoms with van der Waals surface area (Å²) in [5.41, 5.74) is 3.20. The number of hydrogen-bond acceptors (Lipinski definition) is 4.